The molecule has 0 bridgehead atoms. The molecule has 0 saturated heterocycles. The Morgan fingerprint density at radius 3 is 2.54 bits per heavy atom. The summed E-state index contributed by atoms with van der Waals surface area (Å²) in [7, 11) is 3.19. The molecular formula is C26H22N2O7. The van der Waals surface area contributed by atoms with Crippen LogP contribution in [0, 0.1) is 10.1 Å². The van der Waals surface area contributed by atoms with E-state index in [9.17, 15) is 14.9 Å². The summed E-state index contributed by atoms with van der Waals surface area (Å²) in [5.74, 6) is 2.40. The molecule has 5 rings (SSSR count). The maximum absolute atomic E-state index is 13.0. The fourth-order valence-electron chi connectivity index (χ4n) is 4.19. The molecular weight excluding hydrogens is 452 g/mol. The van der Waals surface area contributed by atoms with E-state index in [1.807, 2.05) is 18.2 Å². The summed E-state index contributed by atoms with van der Waals surface area (Å²) in [6.07, 6.45) is 1.59. The molecule has 0 spiro atoms. The fraction of sp³-hybridized carbons (Fsp3) is 0.192. The number of nitro groups is 1. The van der Waals surface area contributed by atoms with Crippen molar-refractivity contribution in [1.29, 1.82) is 0 Å². The second kappa shape index (κ2) is 9.11. The van der Waals surface area contributed by atoms with Crippen LogP contribution in [0.2, 0.25) is 0 Å². The number of rotatable bonds is 6. The summed E-state index contributed by atoms with van der Waals surface area (Å²) in [6, 6.07) is 15.2. The molecule has 0 saturated carbocycles. The zero-order chi connectivity index (χ0) is 24.5. The number of methoxy groups -OCH3 is 2. The third-order valence-corrected chi connectivity index (χ3v) is 5.94. The van der Waals surface area contributed by atoms with Crippen LogP contribution in [0.4, 0.5) is 5.69 Å². The molecule has 0 atom stereocenters. The molecule has 0 N–H and O–H groups in total. The van der Waals surface area contributed by atoms with Gasteiger partial charge in [-0.3, -0.25) is 19.8 Å². The van der Waals surface area contributed by atoms with Gasteiger partial charge >= 0.3 is 0 Å². The number of benzene rings is 3. The fourth-order valence-corrected chi connectivity index (χ4v) is 4.19. The number of carbonyl (C=O) groups is 1. The minimum absolute atomic E-state index is 0.0186. The van der Waals surface area contributed by atoms with Gasteiger partial charge in [0.1, 0.15) is 18.2 Å². The van der Waals surface area contributed by atoms with Gasteiger partial charge in [-0.05, 0) is 53.6 Å². The Balaban J connectivity index is 1.38. The average Bonchev–Trinajstić information content (AvgIpc) is 3.19. The number of Topliss-reactive ketones (excluding diaryl/α,β-unsaturated/α-hetero) is 1. The number of fused-ring (bicyclic) bond motifs is 3. The van der Waals surface area contributed by atoms with Crippen molar-refractivity contribution in [3.05, 3.63) is 92.7 Å². The van der Waals surface area contributed by atoms with E-state index < -0.39 is 4.92 Å². The largest absolute Gasteiger partial charge is 0.493 e. The van der Waals surface area contributed by atoms with Crippen LogP contribution in [0.25, 0.3) is 6.08 Å². The molecule has 9 nitrogen and oxygen atoms in total. The second-order valence-electron chi connectivity index (χ2n) is 8.16. The first-order valence-corrected chi connectivity index (χ1v) is 10.9. The number of ether oxygens (including phenoxy) is 4. The Hall–Kier alpha value is -4.37. The van der Waals surface area contributed by atoms with E-state index >= 15 is 0 Å². The van der Waals surface area contributed by atoms with E-state index in [0.717, 1.165) is 11.1 Å². The van der Waals surface area contributed by atoms with Gasteiger partial charge in [-0.1, -0.05) is 6.07 Å². The molecule has 2 heterocycles. The summed E-state index contributed by atoms with van der Waals surface area (Å²) < 4.78 is 22.7. The number of allylic oxidation sites excluding steroid dienone is 1. The molecule has 0 fully saturated rings. The lowest BCUT2D eigenvalue weighted by Crippen LogP contribution is -2.31. The smallest absolute Gasteiger partial charge is 0.269 e. The zero-order valence-electron chi connectivity index (χ0n) is 19.1. The molecule has 35 heavy (non-hydrogen) atoms. The molecule has 0 unspecified atom stereocenters. The van der Waals surface area contributed by atoms with Crippen molar-refractivity contribution in [3.8, 4) is 23.0 Å². The molecule has 0 radical (unpaired) electrons. The third kappa shape index (κ3) is 4.29. The maximum atomic E-state index is 13.0. The summed E-state index contributed by atoms with van der Waals surface area (Å²) >= 11 is 0. The first kappa shape index (κ1) is 22.4. The van der Waals surface area contributed by atoms with Gasteiger partial charge in [-0.2, -0.15) is 0 Å². The lowest BCUT2D eigenvalue weighted by Gasteiger charge is -2.29. The number of ketones is 1. The van der Waals surface area contributed by atoms with Crippen LogP contribution in [0.15, 0.2) is 60.4 Å². The van der Waals surface area contributed by atoms with Gasteiger partial charge in [0.2, 0.25) is 5.78 Å². The summed E-state index contributed by atoms with van der Waals surface area (Å²) in [5.41, 5.74) is 2.91. The molecule has 2 aliphatic heterocycles. The molecule has 178 valence electrons. The average molecular weight is 474 g/mol. The Morgan fingerprint density at radius 1 is 1.06 bits per heavy atom. The number of non-ortho nitro benzene ring substituents is 1. The van der Waals surface area contributed by atoms with Crippen molar-refractivity contribution in [2.75, 3.05) is 21.0 Å². The van der Waals surface area contributed by atoms with Crippen LogP contribution in [0.5, 0.6) is 23.0 Å². The molecule has 0 aliphatic carbocycles. The normalized spacial score (nSPS) is 15.7. The predicted octanol–water partition coefficient (Wildman–Crippen LogP) is 4.58. The van der Waals surface area contributed by atoms with Crippen molar-refractivity contribution in [3.63, 3.8) is 0 Å². The molecule has 0 aromatic heterocycles. The molecule has 9 heteroatoms. The zero-order valence-corrected chi connectivity index (χ0v) is 19.1. The summed E-state index contributed by atoms with van der Waals surface area (Å²) in [4.78, 5) is 25.5. The van der Waals surface area contributed by atoms with Gasteiger partial charge < -0.3 is 18.9 Å². The number of hydrogen-bond acceptors (Lipinski definition) is 8. The quantitative estimate of drug-likeness (QED) is 0.291. The van der Waals surface area contributed by atoms with Crippen molar-refractivity contribution >= 4 is 17.5 Å². The molecule has 3 aromatic rings. The highest BCUT2D eigenvalue weighted by Crippen LogP contribution is 2.42. The van der Waals surface area contributed by atoms with Crippen LogP contribution in [0.1, 0.15) is 27.0 Å². The summed E-state index contributed by atoms with van der Waals surface area (Å²) in [6.45, 7) is 1.52. The van der Waals surface area contributed by atoms with E-state index in [1.54, 1.807) is 44.6 Å². The van der Waals surface area contributed by atoms with Crippen LogP contribution in [0.3, 0.4) is 0 Å². The van der Waals surface area contributed by atoms with Crippen LogP contribution in [-0.4, -0.2) is 36.6 Å². The maximum Gasteiger partial charge on any atom is 0.269 e. The highest BCUT2D eigenvalue weighted by molar-refractivity contribution is 6.15. The van der Waals surface area contributed by atoms with Crippen molar-refractivity contribution in [1.82, 2.24) is 4.90 Å². The number of carbonyl (C=O) groups excluding carboxylic acids is 1. The van der Waals surface area contributed by atoms with Crippen LogP contribution >= 0.6 is 0 Å². The van der Waals surface area contributed by atoms with Crippen molar-refractivity contribution < 1.29 is 28.7 Å². The monoisotopic (exact) mass is 474 g/mol. The molecule has 0 amide bonds. The standard InChI is InChI=1S/C26H22N2O7/c1-32-22-9-5-17(12-23(22)33-2)13-27-14-20-21(34-15-27)10-8-19-25(29)24(35-26(19)20)11-16-3-6-18(7-4-16)28(30)31/h3-12H,13-15H2,1-2H3/b24-11-. The predicted molar refractivity (Wildman–Crippen MR) is 127 cm³/mol. The van der Waals surface area contributed by atoms with Crippen LogP contribution < -0.4 is 18.9 Å². The topological polar surface area (TPSA) is 100 Å². The highest BCUT2D eigenvalue weighted by Gasteiger charge is 2.33. The van der Waals surface area contributed by atoms with Crippen LogP contribution in [-0.2, 0) is 13.1 Å². The number of nitrogens with zero attached hydrogens (tertiary/aromatic N) is 2. The Bertz CT molecular complexity index is 1350. The molecule has 3 aromatic carbocycles. The second-order valence-corrected chi connectivity index (χ2v) is 8.16. The van der Waals surface area contributed by atoms with E-state index in [1.165, 1.54) is 12.1 Å². The van der Waals surface area contributed by atoms with Crippen molar-refractivity contribution in [2.24, 2.45) is 0 Å². The first-order chi connectivity index (χ1) is 17.0. The van der Waals surface area contributed by atoms with Gasteiger partial charge in [-0.25, -0.2) is 0 Å². The van der Waals surface area contributed by atoms with E-state index in [0.29, 0.717) is 53.9 Å². The minimum Gasteiger partial charge on any atom is -0.493 e. The lowest BCUT2D eigenvalue weighted by molar-refractivity contribution is -0.384. The van der Waals surface area contributed by atoms with E-state index in [2.05, 4.69) is 4.90 Å². The first-order valence-electron chi connectivity index (χ1n) is 10.9. The Morgan fingerprint density at radius 2 is 1.83 bits per heavy atom. The van der Waals surface area contributed by atoms with Gasteiger partial charge in [0.25, 0.3) is 5.69 Å². The van der Waals surface area contributed by atoms with Gasteiger partial charge in [-0.15, -0.1) is 0 Å². The summed E-state index contributed by atoms with van der Waals surface area (Å²) in [5, 5.41) is 10.9. The minimum atomic E-state index is -0.468. The van der Waals surface area contributed by atoms with Gasteiger partial charge in [0.15, 0.2) is 17.3 Å². The number of hydrogen-bond donors (Lipinski definition) is 0. The molecule has 2 aliphatic rings. The third-order valence-electron chi connectivity index (χ3n) is 5.94. The number of nitro benzene ring substituents is 1. The van der Waals surface area contributed by atoms with Gasteiger partial charge in [0.05, 0.1) is 30.3 Å². The van der Waals surface area contributed by atoms with Crippen molar-refractivity contribution in [2.45, 2.75) is 13.1 Å². The lowest BCUT2D eigenvalue weighted by atomic mass is 10.0. The Labute approximate surface area is 201 Å². The van der Waals surface area contributed by atoms with E-state index in [-0.39, 0.29) is 17.2 Å². The van der Waals surface area contributed by atoms with Gasteiger partial charge in [0, 0.05) is 25.2 Å². The highest BCUT2D eigenvalue weighted by atomic mass is 16.6. The SMILES string of the molecule is COc1ccc(CN2COc3ccc4c(c3C2)O/C(=C\c2ccc([N+](=O)[O-])cc2)C4=O)cc1OC. The Kier molecular flexibility index (Phi) is 5.84. The van der Waals surface area contributed by atoms with E-state index in [4.69, 9.17) is 18.9 Å².